The van der Waals surface area contributed by atoms with Crippen molar-refractivity contribution in [2.45, 2.75) is 51.7 Å². The molecule has 0 aliphatic heterocycles. The molecule has 1 N–H and O–H groups in total. The Kier molecular flexibility index (Phi) is 5.02. The third kappa shape index (κ3) is 5.64. The molecule has 0 spiro atoms. The summed E-state index contributed by atoms with van der Waals surface area (Å²) in [4.78, 5) is 0. The van der Waals surface area contributed by atoms with E-state index >= 15 is 0 Å². The van der Waals surface area contributed by atoms with Crippen LogP contribution in [0.5, 0.6) is 0 Å². The average molecular weight is 273 g/mol. The van der Waals surface area contributed by atoms with E-state index < -0.39 is 12.6 Å². The fourth-order valence-electron chi connectivity index (χ4n) is 1.82. The smallest absolute Gasteiger partial charge is 0.310 e. The third-order valence-corrected chi connectivity index (χ3v) is 3.14. The number of benzene rings is 1. The molecule has 0 aromatic heterocycles. The van der Waals surface area contributed by atoms with E-state index in [4.69, 9.17) is 0 Å². The van der Waals surface area contributed by atoms with Crippen LogP contribution in [-0.2, 0) is 5.41 Å². The molecule has 0 radical (unpaired) electrons. The first-order chi connectivity index (χ1) is 8.59. The first-order valence-corrected chi connectivity index (χ1v) is 6.50. The molecule has 1 unspecified atom stereocenters. The van der Waals surface area contributed by atoms with Gasteiger partial charge in [0.25, 0.3) is 0 Å². The number of nitrogens with one attached hydrogen (secondary N) is 1. The number of rotatable bonds is 4. The van der Waals surface area contributed by atoms with Crippen molar-refractivity contribution in [1.29, 1.82) is 0 Å². The summed E-state index contributed by atoms with van der Waals surface area (Å²) < 4.78 is 36.2. The Morgan fingerprint density at radius 3 is 2.00 bits per heavy atom. The lowest BCUT2D eigenvalue weighted by molar-refractivity contribution is -0.133. The largest absolute Gasteiger partial charge is 0.390 e. The standard InChI is InChI=1S/C15H22F3N/c1-11(19-10-9-15(16,17)18)12-5-7-13(8-6-12)14(2,3)4/h5-8,11,19H,9-10H2,1-4H3. The van der Waals surface area contributed by atoms with Gasteiger partial charge < -0.3 is 5.32 Å². The van der Waals surface area contributed by atoms with Crippen molar-refractivity contribution in [2.75, 3.05) is 6.54 Å². The van der Waals surface area contributed by atoms with Crippen LogP contribution in [0.4, 0.5) is 13.2 Å². The molecule has 108 valence electrons. The van der Waals surface area contributed by atoms with Crippen molar-refractivity contribution in [3.8, 4) is 0 Å². The normalized spacial score (nSPS) is 14.5. The van der Waals surface area contributed by atoms with Crippen LogP contribution < -0.4 is 5.32 Å². The summed E-state index contributed by atoms with van der Waals surface area (Å²) in [7, 11) is 0. The van der Waals surface area contributed by atoms with Crippen molar-refractivity contribution in [2.24, 2.45) is 0 Å². The Hall–Kier alpha value is -1.03. The molecule has 0 bridgehead atoms. The molecular weight excluding hydrogens is 251 g/mol. The molecule has 0 fully saturated rings. The van der Waals surface area contributed by atoms with Gasteiger partial charge in [-0.15, -0.1) is 0 Å². The van der Waals surface area contributed by atoms with Crippen LogP contribution in [0.15, 0.2) is 24.3 Å². The summed E-state index contributed by atoms with van der Waals surface area (Å²) in [5.74, 6) is 0. The van der Waals surface area contributed by atoms with E-state index in [0.717, 1.165) is 5.56 Å². The molecule has 1 aromatic rings. The molecule has 1 atom stereocenters. The zero-order valence-electron chi connectivity index (χ0n) is 11.9. The van der Waals surface area contributed by atoms with Crippen LogP contribution in [0.2, 0.25) is 0 Å². The van der Waals surface area contributed by atoms with Gasteiger partial charge in [0, 0.05) is 12.6 Å². The molecule has 0 aliphatic rings. The molecule has 0 saturated carbocycles. The van der Waals surface area contributed by atoms with Gasteiger partial charge in [0.15, 0.2) is 0 Å². The van der Waals surface area contributed by atoms with Gasteiger partial charge in [0.1, 0.15) is 0 Å². The second kappa shape index (κ2) is 5.95. The van der Waals surface area contributed by atoms with Crippen molar-refractivity contribution in [3.05, 3.63) is 35.4 Å². The van der Waals surface area contributed by atoms with Crippen LogP contribution in [0, 0.1) is 0 Å². The predicted octanol–water partition coefficient (Wildman–Crippen LogP) is 4.59. The van der Waals surface area contributed by atoms with E-state index in [2.05, 4.69) is 26.1 Å². The Balaban J connectivity index is 2.56. The molecule has 0 heterocycles. The van der Waals surface area contributed by atoms with Crippen molar-refractivity contribution >= 4 is 0 Å². The Morgan fingerprint density at radius 1 is 1.05 bits per heavy atom. The van der Waals surface area contributed by atoms with Crippen molar-refractivity contribution in [1.82, 2.24) is 5.32 Å². The Bertz CT molecular complexity index is 387. The fourth-order valence-corrected chi connectivity index (χ4v) is 1.82. The lowest BCUT2D eigenvalue weighted by Crippen LogP contribution is -2.24. The van der Waals surface area contributed by atoms with Gasteiger partial charge in [0.05, 0.1) is 6.42 Å². The zero-order chi connectivity index (χ0) is 14.7. The molecule has 1 nitrogen and oxygen atoms in total. The maximum absolute atomic E-state index is 12.1. The highest BCUT2D eigenvalue weighted by molar-refractivity contribution is 5.28. The Labute approximate surface area is 113 Å². The summed E-state index contributed by atoms with van der Waals surface area (Å²) in [6.45, 7) is 8.22. The second-order valence-electron chi connectivity index (χ2n) is 5.91. The van der Waals surface area contributed by atoms with E-state index in [1.54, 1.807) is 0 Å². The average Bonchev–Trinajstić information content (AvgIpc) is 2.26. The Morgan fingerprint density at radius 2 is 1.58 bits per heavy atom. The van der Waals surface area contributed by atoms with Crippen molar-refractivity contribution in [3.63, 3.8) is 0 Å². The number of hydrogen-bond donors (Lipinski definition) is 1. The summed E-state index contributed by atoms with van der Waals surface area (Å²) in [6, 6.07) is 7.96. The van der Waals surface area contributed by atoms with Gasteiger partial charge in [-0.3, -0.25) is 0 Å². The molecular formula is C15H22F3N. The maximum atomic E-state index is 12.1. The minimum atomic E-state index is -4.09. The zero-order valence-corrected chi connectivity index (χ0v) is 11.9. The highest BCUT2D eigenvalue weighted by atomic mass is 19.4. The SMILES string of the molecule is CC(NCCC(F)(F)F)c1ccc(C(C)(C)C)cc1. The first kappa shape index (κ1) is 16.0. The number of alkyl halides is 3. The number of halogens is 3. The van der Waals surface area contributed by atoms with Crippen LogP contribution in [0.1, 0.15) is 51.3 Å². The highest BCUT2D eigenvalue weighted by Crippen LogP contribution is 2.24. The van der Waals surface area contributed by atoms with Crippen LogP contribution in [0.3, 0.4) is 0 Å². The fraction of sp³-hybridized carbons (Fsp3) is 0.600. The summed E-state index contributed by atoms with van der Waals surface area (Å²) in [6.07, 6.45) is -4.89. The molecule has 0 saturated heterocycles. The molecule has 19 heavy (non-hydrogen) atoms. The summed E-state index contributed by atoms with van der Waals surface area (Å²) in [5.41, 5.74) is 2.32. The van der Waals surface area contributed by atoms with E-state index in [1.807, 2.05) is 31.2 Å². The van der Waals surface area contributed by atoms with Gasteiger partial charge >= 0.3 is 6.18 Å². The minimum Gasteiger partial charge on any atom is -0.310 e. The van der Waals surface area contributed by atoms with Crippen molar-refractivity contribution < 1.29 is 13.2 Å². The summed E-state index contributed by atoms with van der Waals surface area (Å²) in [5, 5.41) is 2.89. The number of hydrogen-bond acceptors (Lipinski definition) is 1. The molecule has 1 rings (SSSR count). The van der Waals surface area contributed by atoms with Crippen LogP contribution >= 0.6 is 0 Å². The van der Waals surface area contributed by atoms with Gasteiger partial charge in [-0.1, -0.05) is 45.0 Å². The van der Waals surface area contributed by atoms with Gasteiger partial charge in [-0.25, -0.2) is 0 Å². The lowest BCUT2D eigenvalue weighted by atomic mass is 9.86. The monoisotopic (exact) mass is 273 g/mol. The van der Waals surface area contributed by atoms with Gasteiger partial charge in [0.2, 0.25) is 0 Å². The molecule has 4 heteroatoms. The van der Waals surface area contributed by atoms with E-state index in [1.165, 1.54) is 5.56 Å². The predicted molar refractivity (Wildman–Crippen MR) is 72.2 cm³/mol. The first-order valence-electron chi connectivity index (χ1n) is 6.50. The second-order valence-corrected chi connectivity index (χ2v) is 5.91. The molecule has 0 aliphatic carbocycles. The minimum absolute atomic E-state index is 0.0499. The van der Waals surface area contributed by atoms with E-state index in [-0.39, 0.29) is 18.0 Å². The van der Waals surface area contributed by atoms with E-state index in [0.29, 0.717) is 0 Å². The van der Waals surface area contributed by atoms with Gasteiger partial charge in [-0.05, 0) is 23.5 Å². The quantitative estimate of drug-likeness (QED) is 0.846. The lowest BCUT2D eigenvalue weighted by Gasteiger charge is -2.21. The van der Waals surface area contributed by atoms with Crippen LogP contribution in [-0.4, -0.2) is 12.7 Å². The molecule has 0 amide bonds. The third-order valence-electron chi connectivity index (χ3n) is 3.14. The van der Waals surface area contributed by atoms with E-state index in [9.17, 15) is 13.2 Å². The molecule has 1 aromatic carbocycles. The highest BCUT2D eigenvalue weighted by Gasteiger charge is 2.26. The van der Waals surface area contributed by atoms with Crippen LogP contribution in [0.25, 0.3) is 0 Å². The maximum Gasteiger partial charge on any atom is 0.390 e. The van der Waals surface area contributed by atoms with Gasteiger partial charge in [-0.2, -0.15) is 13.2 Å². The summed E-state index contributed by atoms with van der Waals surface area (Å²) >= 11 is 0. The topological polar surface area (TPSA) is 12.0 Å².